The molecule has 2 aromatic carbocycles. The SMILES string of the molecule is CCc1nncn1CCNC(=NCCCc1ccccc1)NCCc1ccc(OC)cc1. The number of aryl methyl sites for hydroxylation is 2. The zero-order chi connectivity index (χ0) is 22.4. The second kappa shape index (κ2) is 13.1. The second-order valence-electron chi connectivity index (χ2n) is 7.57. The molecule has 0 aliphatic carbocycles. The van der Waals surface area contributed by atoms with Gasteiger partial charge in [-0.3, -0.25) is 4.99 Å². The van der Waals surface area contributed by atoms with E-state index in [1.807, 2.05) is 12.1 Å². The van der Waals surface area contributed by atoms with Gasteiger partial charge in [0.1, 0.15) is 17.9 Å². The fourth-order valence-electron chi connectivity index (χ4n) is 3.44. The number of rotatable bonds is 12. The quantitative estimate of drug-likeness (QED) is 0.260. The van der Waals surface area contributed by atoms with Crippen molar-refractivity contribution < 1.29 is 4.74 Å². The first kappa shape index (κ1) is 23.3. The standard InChI is InChI=1S/C25H34N6O/c1-3-24-30-29-20-31(24)19-18-28-25(26-16-7-10-21-8-5-4-6-9-21)27-17-15-22-11-13-23(32-2)14-12-22/h4-6,8-9,11-14,20H,3,7,10,15-19H2,1-2H3,(H2,26,27,28). The minimum atomic E-state index is 0.762. The number of ether oxygens (including phenoxy) is 1. The number of benzene rings is 2. The number of aliphatic imine (C=N–C) groups is 1. The first-order valence-electron chi connectivity index (χ1n) is 11.3. The fraction of sp³-hybridized carbons (Fsp3) is 0.400. The third kappa shape index (κ3) is 7.72. The summed E-state index contributed by atoms with van der Waals surface area (Å²) < 4.78 is 7.32. The maximum absolute atomic E-state index is 5.23. The number of guanidine groups is 1. The van der Waals surface area contributed by atoms with Crippen molar-refractivity contribution in [2.45, 2.75) is 39.2 Å². The van der Waals surface area contributed by atoms with Crippen LogP contribution in [0.5, 0.6) is 5.75 Å². The average Bonchev–Trinajstić information content (AvgIpc) is 3.30. The molecule has 0 bridgehead atoms. The van der Waals surface area contributed by atoms with E-state index in [1.165, 1.54) is 11.1 Å². The van der Waals surface area contributed by atoms with Gasteiger partial charge in [-0.1, -0.05) is 49.4 Å². The van der Waals surface area contributed by atoms with Crippen LogP contribution in [0.2, 0.25) is 0 Å². The number of methoxy groups -OCH3 is 1. The van der Waals surface area contributed by atoms with E-state index in [1.54, 1.807) is 13.4 Å². The van der Waals surface area contributed by atoms with Gasteiger partial charge in [0, 0.05) is 32.6 Å². The van der Waals surface area contributed by atoms with Gasteiger partial charge >= 0.3 is 0 Å². The molecule has 3 aromatic rings. The van der Waals surface area contributed by atoms with Crippen LogP contribution in [0.15, 0.2) is 65.9 Å². The molecule has 0 unspecified atom stereocenters. The van der Waals surface area contributed by atoms with Crippen LogP contribution in [0.4, 0.5) is 0 Å². The van der Waals surface area contributed by atoms with Crippen molar-refractivity contribution in [1.29, 1.82) is 0 Å². The van der Waals surface area contributed by atoms with Crippen LogP contribution in [-0.4, -0.2) is 47.5 Å². The molecule has 32 heavy (non-hydrogen) atoms. The second-order valence-corrected chi connectivity index (χ2v) is 7.57. The summed E-state index contributed by atoms with van der Waals surface area (Å²) in [5, 5.41) is 15.1. The Kier molecular flexibility index (Phi) is 9.58. The van der Waals surface area contributed by atoms with E-state index in [0.29, 0.717) is 0 Å². The van der Waals surface area contributed by atoms with Gasteiger partial charge in [-0.05, 0) is 42.5 Å². The predicted molar refractivity (Wildman–Crippen MR) is 129 cm³/mol. The summed E-state index contributed by atoms with van der Waals surface area (Å²) in [4.78, 5) is 4.79. The summed E-state index contributed by atoms with van der Waals surface area (Å²) in [6.45, 7) is 5.25. The molecule has 0 atom stereocenters. The highest BCUT2D eigenvalue weighted by atomic mass is 16.5. The van der Waals surface area contributed by atoms with E-state index in [-0.39, 0.29) is 0 Å². The highest BCUT2D eigenvalue weighted by Gasteiger charge is 2.03. The predicted octanol–water partition coefficient (Wildman–Crippen LogP) is 3.26. The molecule has 0 saturated heterocycles. The van der Waals surface area contributed by atoms with Gasteiger partial charge < -0.3 is 19.9 Å². The molecule has 7 nitrogen and oxygen atoms in total. The molecule has 0 fully saturated rings. The Labute approximate surface area is 190 Å². The zero-order valence-electron chi connectivity index (χ0n) is 19.1. The van der Waals surface area contributed by atoms with Gasteiger partial charge in [0.2, 0.25) is 0 Å². The van der Waals surface area contributed by atoms with E-state index in [2.05, 4.69) is 74.8 Å². The molecular formula is C25H34N6O. The maximum Gasteiger partial charge on any atom is 0.191 e. The highest BCUT2D eigenvalue weighted by Crippen LogP contribution is 2.11. The lowest BCUT2D eigenvalue weighted by molar-refractivity contribution is 0.414. The Morgan fingerprint density at radius 2 is 1.72 bits per heavy atom. The van der Waals surface area contributed by atoms with E-state index < -0.39 is 0 Å². The molecule has 0 aliphatic rings. The Balaban J connectivity index is 1.49. The summed E-state index contributed by atoms with van der Waals surface area (Å²) in [7, 11) is 1.69. The average molecular weight is 435 g/mol. The van der Waals surface area contributed by atoms with Crippen LogP contribution in [-0.2, 0) is 25.8 Å². The number of aromatic nitrogens is 3. The molecule has 0 saturated carbocycles. The zero-order valence-corrected chi connectivity index (χ0v) is 19.1. The van der Waals surface area contributed by atoms with Crippen LogP contribution < -0.4 is 15.4 Å². The van der Waals surface area contributed by atoms with Crippen molar-refractivity contribution in [3.8, 4) is 5.75 Å². The molecule has 0 aliphatic heterocycles. The van der Waals surface area contributed by atoms with Crippen molar-refractivity contribution >= 4 is 5.96 Å². The summed E-state index contributed by atoms with van der Waals surface area (Å²) >= 11 is 0. The van der Waals surface area contributed by atoms with E-state index >= 15 is 0 Å². The van der Waals surface area contributed by atoms with Gasteiger partial charge in [-0.25, -0.2) is 0 Å². The first-order chi connectivity index (χ1) is 15.8. The van der Waals surface area contributed by atoms with Crippen LogP contribution in [0.1, 0.15) is 30.3 Å². The minimum Gasteiger partial charge on any atom is -0.497 e. The van der Waals surface area contributed by atoms with E-state index in [0.717, 1.165) is 69.4 Å². The normalized spacial score (nSPS) is 11.4. The fourth-order valence-corrected chi connectivity index (χ4v) is 3.44. The van der Waals surface area contributed by atoms with Gasteiger partial charge in [0.15, 0.2) is 5.96 Å². The van der Waals surface area contributed by atoms with Crippen LogP contribution in [0.25, 0.3) is 0 Å². The smallest absolute Gasteiger partial charge is 0.191 e. The van der Waals surface area contributed by atoms with Gasteiger partial charge in [0.05, 0.1) is 7.11 Å². The van der Waals surface area contributed by atoms with Crippen LogP contribution >= 0.6 is 0 Å². The van der Waals surface area contributed by atoms with Gasteiger partial charge in [-0.15, -0.1) is 10.2 Å². The number of hydrogen-bond donors (Lipinski definition) is 2. The Morgan fingerprint density at radius 1 is 0.969 bits per heavy atom. The van der Waals surface area contributed by atoms with Crippen LogP contribution in [0, 0.1) is 0 Å². The molecule has 1 heterocycles. The van der Waals surface area contributed by atoms with Gasteiger partial charge in [-0.2, -0.15) is 0 Å². The molecule has 0 spiro atoms. The molecule has 2 N–H and O–H groups in total. The lowest BCUT2D eigenvalue weighted by Crippen LogP contribution is -2.40. The van der Waals surface area contributed by atoms with Crippen molar-refractivity contribution in [1.82, 2.24) is 25.4 Å². The van der Waals surface area contributed by atoms with Crippen molar-refractivity contribution in [2.75, 3.05) is 26.7 Å². The summed E-state index contributed by atoms with van der Waals surface area (Å²) in [5.41, 5.74) is 2.61. The minimum absolute atomic E-state index is 0.762. The molecule has 170 valence electrons. The monoisotopic (exact) mass is 434 g/mol. The summed E-state index contributed by atoms with van der Waals surface area (Å²) in [5.74, 6) is 2.72. The number of nitrogens with one attached hydrogen (secondary N) is 2. The molecule has 1 aromatic heterocycles. The van der Waals surface area contributed by atoms with Crippen molar-refractivity contribution in [2.24, 2.45) is 4.99 Å². The van der Waals surface area contributed by atoms with Crippen molar-refractivity contribution in [3.63, 3.8) is 0 Å². The number of nitrogens with zero attached hydrogens (tertiary/aromatic N) is 4. The maximum atomic E-state index is 5.23. The third-order valence-electron chi connectivity index (χ3n) is 5.26. The summed E-state index contributed by atoms with van der Waals surface area (Å²) in [6.07, 6.45) is 5.62. The number of hydrogen-bond acceptors (Lipinski definition) is 4. The van der Waals surface area contributed by atoms with Crippen LogP contribution in [0.3, 0.4) is 0 Å². The lowest BCUT2D eigenvalue weighted by atomic mass is 10.1. The Bertz CT molecular complexity index is 937. The van der Waals surface area contributed by atoms with Crippen molar-refractivity contribution in [3.05, 3.63) is 77.9 Å². The topological polar surface area (TPSA) is 76.4 Å². The molecule has 7 heteroatoms. The third-order valence-corrected chi connectivity index (χ3v) is 5.26. The largest absolute Gasteiger partial charge is 0.497 e. The van der Waals surface area contributed by atoms with Gasteiger partial charge in [0.25, 0.3) is 0 Å². The first-order valence-corrected chi connectivity index (χ1v) is 11.3. The lowest BCUT2D eigenvalue weighted by Gasteiger charge is -2.14. The Hall–Kier alpha value is -3.35. The highest BCUT2D eigenvalue weighted by molar-refractivity contribution is 5.79. The summed E-state index contributed by atoms with van der Waals surface area (Å²) in [6, 6.07) is 18.7. The Morgan fingerprint density at radius 3 is 2.47 bits per heavy atom. The molecular weight excluding hydrogens is 400 g/mol. The molecule has 3 rings (SSSR count). The van der Waals surface area contributed by atoms with E-state index in [9.17, 15) is 0 Å². The van der Waals surface area contributed by atoms with E-state index in [4.69, 9.17) is 9.73 Å². The molecule has 0 radical (unpaired) electrons. The molecule has 0 amide bonds.